The predicted octanol–water partition coefficient (Wildman–Crippen LogP) is 4.33. The lowest BCUT2D eigenvalue weighted by Gasteiger charge is -2.23. The van der Waals surface area contributed by atoms with Crippen LogP contribution in [-0.2, 0) is 22.4 Å². The molecule has 0 bridgehead atoms. The largest absolute Gasteiger partial charge is 0.446 e. The van der Waals surface area contributed by atoms with E-state index in [0.717, 1.165) is 15.3 Å². The van der Waals surface area contributed by atoms with Gasteiger partial charge in [-0.2, -0.15) is 5.26 Å². The van der Waals surface area contributed by atoms with E-state index in [1.54, 1.807) is 17.4 Å². The summed E-state index contributed by atoms with van der Waals surface area (Å²) in [6, 6.07) is 6.08. The van der Waals surface area contributed by atoms with Crippen LogP contribution in [0.3, 0.4) is 0 Å². The number of nitriles is 1. The predicted molar refractivity (Wildman–Crippen MR) is 112 cm³/mol. The number of carbonyl (C=O) groups excluding carboxylic acids is 2. The van der Waals surface area contributed by atoms with Gasteiger partial charge in [0.25, 0.3) is 0 Å². The van der Waals surface area contributed by atoms with Gasteiger partial charge in [0.15, 0.2) is 0 Å². The van der Waals surface area contributed by atoms with E-state index < -0.39 is 6.09 Å². The Balaban J connectivity index is 1.68. The summed E-state index contributed by atoms with van der Waals surface area (Å²) in [6.45, 7) is 3.75. The molecule has 0 fully saturated rings. The number of alkyl carbamates (subject to hydrolysis) is 1. The van der Waals surface area contributed by atoms with Gasteiger partial charge < -0.3 is 15.4 Å². The maximum Gasteiger partial charge on any atom is 0.407 e. The zero-order valence-electron chi connectivity index (χ0n) is 15.7. The molecule has 0 aromatic carbocycles. The van der Waals surface area contributed by atoms with E-state index in [4.69, 9.17) is 4.74 Å². The fourth-order valence-corrected chi connectivity index (χ4v) is 4.86. The van der Waals surface area contributed by atoms with E-state index in [1.807, 2.05) is 31.4 Å². The monoisotopic (exact) mass is 415 g/mol. The number of nitrogens with one attached hydrogen (secondary N) is 2. The molecule has 0 radical (unpaired) electrons. The Kier molecular flexibility index (Phi) is 6.49. The minimum atomic E-state index is -0.423. The molecular formula is C20H21N3O3S2. The van der Waals surface area contributed by atoms with Crippen LogP contribution >= 0.6 is 22.7 Å². The Hall–Kier alpha value is -2.63. The Morgan fingerprint density at radius 3 is 2.93 bits per heavy atom. The van der Waals surface area contributed by atoms with Gasteiger partial charge >= 0.3 is 6.09 Å². The Morgan fingerprint density at radius 2 is 2.25 bits per heavy atom. The van der Waals surface area contributed by atoms with E-state index in [-0.39, 0.29) is 18.1 Å². The molecule has 1 unspecified atom stereocenters. The molecule has 2 aromatic rings. The summed E-state index contributed by atoms with van der Waals surface area (Å²) in [6.07, 6.45) is 4.43. The SMILES string of the molecule is CC(C)NC(=O)OC1CCc2c(sc(NC(=O)/C=C/c3cccs3)c2C#N)C1. The molecule has 0 aliphatic heterocycles. The summed E-state index contributed by atoms with van der Waals surface area (Å²) >= 11 is 2.93. The standard InChI is InChI=1S/C20H21N3O3S2/c1-12(2)22-20(25)26-13-5-7-15-16(11-21)19(28-17(15)10-13)23-18(24)8-6-14-4-3-9-27-14/h3-4,6,8-9,12-13H,5,7,10H2,1-2H3,(H,22,25)(H,23,24)/b8-6+. The second-order valence-electron chi connectivity index (χ2n) is 6.73. The zero-order valence-corrected chi connectivity index (χ0v) is 17.3. The molecule has 0 saturated carbocycles. The molecule has 3 rings (SSSR count). The third-order valence-corrected chi connectivity index (χ3v) is 6.20. The lowest BCUT2D eigenvalue weighted by molar-refractivity contribution is -0.111. The number of hydrogen-bond acceptors (Lipinski definition) is 6. The highest BCUT2D eigenvalue weighted by Crippen LogP contribution is 2.38. The molecule has 0 spiro atoms. The molecule has 1 aliphatic rings. The second kappa shape index (κ2) is 9.04. The van der Waals surface area contributed by atoms with Crippen molar-refractivity contribution in [2.24, 2.45) is 0 Å². The fourth-order valence-electron chi connectivity index (χ4n) is 2.98. The number of ether oxygens (including phenoxy) is 1. The maximum atomic E-state index is 12.2. The van der Waals surface area contributed by atoms with Crippen molar-refractivity contribution in [1.29, 1.82) is 5.26 Å². The van der Waals surface area contributed by atoms with Crippen molar-refractivity contribution in [3.05, 3.63) is 44.5 Å². The van der Waals surface area contributed by atoms with Gasteiger partial charge in [-0.25, -0.2) is 4.79 Å². The maximum absolute atomic E-state index is 12.2. The van der Waals surface area contributed by atoms with Gasteiger partial charge in [0.05, 0.1) is 5.56 Å². The highest BCUT2D eigenvalue weighted by atomic mass is 32.1. The summed E-state index contributed by atoms with van der Waals surface area (Å²) < 4.78 is 5.48. The number of rotatable bonds is 5. The van der Waals surface area contributed by atoms with E-state index in [0.29, 0.717) is 29.8 Å². The van der Waals surface area contributed by atoms with Crippen molar-refractivity contribution < 1.29 is 14.3 Å². The van der Waals surface area contributed by atoms with Crippen molar-refractivity contribution in [3.8, 4) is 6.07 Å². The molecule has 1 atom stereocenters. The van der Waals surface area contributed by atoms with Crippen LogP contribution < -0.4 is 10.6 Å². The van der Waals surface area contributed by atoms with Crippen LogP contribution in [0.4, 0.5) is 9.80 Å². The number of amides is 2. The van der Waals surface area contributed by atoms with Crippen LogP contribution in [0, 0.1) is 11.3 Å². The topological polar surface area (TPSA) is 91.2 Å². The molecule has 2 heterocycles. The summed E-state index contributed by atoms with van der Waals surface area (Å²) in [5.74, 6) is -0.271. The Morgan fingerprint density at radius 1 is 1.43 bits per heavy atom. The Bertz CT molecular complexity index is 923. The molecule has 1 aliphatic carbocycles. The third kappa shape index (κ3) is 5.00. The Labute approximate surface area is 171 Å². The lowest BCUT2D eigenvalue weighted by Crippen LogP contribution is -2.35. The van der Waals surface area contributed by atoms with Gasteiger partial charge in [0.2, 0.25) is 5.91 Å². The molecule has 28 heavy (non-hydrogen) atoms. The van der Waals surface area contributed by atoms with Crippen LogP contribution in [-0.4, -0.2) is 24.1 Å². The number of hydrogen-bond donors (Lipinski definition) is 2. The summed E-state index contributed by atoms with van der Waals surface area (Å²) in [5.41, 5.74) is 1.47. The zero-order chi connectivity index (χ0) is 20.1. The molecular weight excluding hydrogens is 394 g/mol. The molecule has 2 N–H and O–H groups in total. The number of nitrogens with zero attached hydrogens (tertiary/aromatic N) is 1. The normalized spacial score (nSPS) is 15.9. The number of thiophene rings is 2. The first-order valence-corrected chi connectivity index (χ1v) is 10.7. The minimum Gasteiger partial charge on any atom is -0.446 e. The van der Waals surface area contributed by atoms with Gasteiger partial charge in [0, 0.05) is 28.3 Å². The van der Waals surface area contributed by atoms with Crippen LogP contribution in [0.25, 0.3) is 6.08 Å². The highest BCUT2D eigenvalue weighted by Gasteiger charge is 2.28. The van der Waals surface area contributed by atoms with Gasteiger partial charge in [-0.1, -0.05) is 6.07 Å². The van der Waals surface area contributed by atoms with Gasteiger partial charge in [-0.05, 0) is 49.8 Å². The average Bonchev–Trinajstić information content (AvgIpc) is 3.25. The van der Waals surface area contributed by atoms with Gasteiger partial charge in [-0.15, -0.1) is 22.7 Å². The summed E-state index contributed by atoms with van der Waals surface area (Å²) in [7, 11) is 0. The molecule has 2 amide bonds. The number of anilines is 1. The van der Waals surface area contributed by atoms with Crippen LogP contribution in [0.15, 0.2) is 23.6 Å². The van der Waals surface area contributed by atoms with Gasteiger partial charge in [0.1, 0.15) is 17.2 Å². The number of fused-ring (bicyclic) bond motifs is 1. The van der Waals surface area contributed by atoms with Crippen LogP contribution in [0.1, 0.15) is 41.1 Å². The van der Waals surface area contributed by atoms with Crippen molar-refractivity contribution in [2.75, 3.05) is 5.32 Å². The van der Waals surface area contributed by atoms with Crippen LogP contribution in [0.2, 0.25) is 0 Å². The van der Waals surface area contributed by atoms with Gasteiger partial charge in [-0.3, -0.25) is 4.79 Å². The first kappa shape index (κ1) is 20.1. The third-order valence-electron chi connectivity index (χ3n) is 4.19. The second-order valence-corrected chi connectivity index (χ2v) is 8.81. The average molecular weight is 416 g/mol. The van der Waals surface area contributed by atoms with Crippen molar-refractivity contribution in [2.45, 2.75) is 45.3 Å². The highest BCUT2D eigenvalue weighted by molar-refractivity contribution is 7.16. The van der Waals surface area contributed by atoms with E-state index in [1.165, 1.54) is 17.4 Å². The molecule has 2 aromatic heterocycles. The van der Waals surface area contributed by atoms with Crippen LogP contribution in [0.5, 0.6) is 0 Å². The van der Waals surface area contributed by atoms with E-state index >= 15 is 0 Å². The van der Waals surface area contributed by atoms with E-state index in [9.17, 15) is 14.9 Å². The smallest absolute Gasteiger partial charge is 0.407 e. The van der Waals surface area contributed by atoms with Crippen molar-refractivity contribution >= 4 is 45.8 Å². The molecule has 8 heteroatoms. The van der Waals surface area contributed by atoms with Crippen molar-refractivity contribution in [3.63, 3.8) is 0 Å². The summed E-state index contributed by atoms with van der Waals surface area (Å²) in [4.78, 5) is 26.0. The quantitative estimate of drug-likeness (QED) is 0.711. The first-order valence-electron chi connectivity index (χ1n) is 9.00. The fraction of sp³-hybridized carbons (Fsp3) is 0.350. The molecule has 0 saturated heterocycles. The molecule has 6 nitrogen and oxygen atoms in total. The summed E-state index contributed by atoms with van der Waals surface area (Å²) in [5, 5.41) is 17.6. The van der Waals surface area contributed by atoms with Crippen molar-refractivity contribution in [1.82, 2.24) is 5.32 Å². The van der Waals surface area contributed by atoms with E-state index in [2.05, 4.69) is 16.7 Å². The first-order chi connectivity index (χ1) is 13.5. The molecule has 146 valence electrons. The minimum absolute atomic E-state index is 0.0163. The lowest BCUT2D eigenvalue weighted by atomic mass is 9.94. The number of carbonyl (C=O) groups is 2.